The van der Waals surface area contributed by atoms with Crippen LogP contribution in [-0.2, 0) is 11.2 Å². The Labute approximate surface area is 113 Å². The summed E-state index contributed by atoms with van der Waals surface area (Å²) in [5, 5.41) is 11.5. The zero-order valence-corrected chi connectivity index (χ0v) is 11.2. The van der Waals surface area contributed by atoms with Crippen molar-refractivity contribution in [3.8, 4) is 5.75 Å². The van der Waals surface area contributed by atoms with Gasteiger partial charge in [0.25, 0.3) is 0 Å². The Morgan fingerprint density at radius 2 is 2.00 bits per heavy atom. The first kappa shape index (κ1) is 13.9. The molecule has 0 unspecified atom stereocenters. The van der Waals surface area contributed by atoms with Gasteiger partial charge in [0.1, 0.15) is 5.75 Å². The number of hydrogen-bond acceptors (Lipinski definition) is 3. The lowest BCUT2D eigenvalue weighted by Crippen LogP contribution is -2.18. The molecule has 1 heterocycles. The first-order valence-corrected chi connectivity index (χ1v) is 6.96. The molecule has 4 nitrogen and oxygen atoms in total. The molecule has 0 saturated heterocycles. The van der Waals surface area contributed by atoms with E-state index < -0.39 is 0 Å². The number of benzene rings is 1. The van der Waals surface area contributed by atoms with Gasteiger partial charge in [-0.2, -0.15) is 0 Å². The molecule has 4 heteroatoms. The van der Waals surface area contributed by atoms with Crippen molar-refractivity contribution in [3.63, 3.8) is 0 Å². The van der Waals surface area contributed by atoms with Crippen molar-refractivity contribution in [2.75, 3.05) is 18.5 Å². The molecule has 1 aliphatic rings. The van der Waals surface area contributed by atoms with Crippen molar-refractivity contribution >= 4 is 11.6 Å². The van der Waals surface area contributed by atoms with E-state index in [0.717, 1.165) is 43.5 Å². The van der Waals surface area contributed by atoms with E-state index in [4.69, 9.17) is 9.84 Å². The van der Waals surface area contributed by atoms with Crippen LogP contribution in [0.15, 0.2) is 18.2 Å². The van der Waals surface area contributed by atoms with Gasteiger partial charge in [0.2, 0.25) is 5.91 Å². The summed E-state index contributed by atoms with van der Waals surface area (Å²) in [7, 11) is 0. The van der Waals surface area contributed by atoms with Crippen LogP contribution in [0.5, 0.6) is 5.75 Å². The predicted molar refractivity (Wildman–Crippen MR) is 74.4 cm³/mol. The zero-order valence-electron chi connectivity index (χ0n) is 11.2. The van der Waals surface area contributed by atoms with Crippen LogP contribution in [0.2, 0.25) is 0 Å². The summed E-state index contributed by atoms with van der Waals surface area (Å²) in [5.74, 6) is 0.886. The summed E-state index contributed by atoms with van der Waals surface area (Å²) in [4.78, 5) is 11.3. The minimum absolute atomic E-state index is 0.0775. The predicted octanol–water partition coefficient (Wildman–Crippen LogP) is 2.50. The Balaban J connectivity index is 1.78. The summed E-state index contributed by atoms with van der Waals surface area (Å²) in [6, 6.07) is 5.89. The average Bonchev–Trinajstić information content (AvgIpc) is 2.42. The molecule has 19 heavy (non-hydrogen) atoms. The van der Waals surface area contributed by atoms with Crippen LogP contribution in [0, 0.1) is 0 Å². The van der Waals surface area contributed by atoms with Crippen molar-refractivity contribution in [3.05, 3.63) is 23.8 Å². The number of aryl methyl sites for hydroxylation is 1. The van der Waals surface area contributed by atoms with E-state index in [1.165, 1.54) is 5.56 Å². The highest BCUT2D eigenvalue weighted by Gasteiger charge is 2.14. The molecule has 2 N–H and O–H groups in total. The molecule has 104 valence electrons. The molecule has 0 fully saturated rings. The second kappa shape index (κ2) is 7.14. The van der Waals surface area contributed by atoms with Crippen LogP contribution in [0.1, 0.15) is 37.7 Å². The molecule has 2 rings (SSSR count). The number of carbonyl (C=O) groups is 1. The van der Waals surface area contributed by atoms with Crippen LogP contribution in [0.25, 0.3) is 0 Å². The molecular formula is C15H21NO3. The summed E-state index contributed by atoms with van der Waals surface area (Å²) in [5.41, 5.74) is 2.06. The molecule has 1 amide bonds. The lowest BCUT2D eigenvalue weighted by atomic mass is 10.0. The number of unbranched alkanes of at least 4 members (excludes halogenated alkanes) is 3. The molecule has 0 aliphatic carbocycles. The highest BCUT2D eigenvalue weighted by atomic mass is 16.5. The SMILES string of the molecule is O=C1CCc2ccc(OCCCCCCO)cc2N1. The summed E-state index contributed by atoms with van der Waals surface area (Å²) >= 11 is 0. The Morgan fingerprint density at radius 3 is 2.84 bits per heavy atom. The fourth-order valence-corrected chi connectivity index (χ4v) is 2.20. The minimum atomic E-state index is 0.0775. The number of rotatable bonds is 7. The van der Waals surface area contributed by atoms with Gasteiger partial charge in [-0.05, 0) is 37.3 Å². The number of carbonyl (C=O) groups excluding carboxylic acids is 1. The maximum absolute atomic E-state index is 11.3. The number of ether oxygens (including phenoxy) is 1. The van der Waals surface area contributed by atoms with Gasteiger partial charge < -0.3 is 15.2 Å². The number of nitrogens with one attached hydrogen (secondary N) is 1. The molecule has 0 spiro atoms. The molecule has 1 aromatic rings. The van der Waals surface area contributed by atoms with Gasteiger partial charge in [0.05, 0.1) is 6.61 Å². The molecule has 0 radical (unpaired) electrons. The first-order chi connectivity index (χ1) is 9.29. The van der Waals surface area contributed by atoms with Gasteiger partial charge in [-0.3, -0.25) is 4.79 Å². The van der Waals surface area contributed by atoms with E-state index in [-0.39, 0.29) is 12.5 Å². The summed E-state index contributed by atoms with van der Waals surface area (Å²) in [6.45, 7) is 0.948. The quantitative estimate of drug-likeness (QED) is 0.743. The fourth-order valence-electron chi connectivity index (χ4n) is 2.20. The molecule has 0 saturated carbocycles. The number of anilines is 1. The van der Waals surface area contributed by atoms with Crippen LogP contribution < -0.4 is 10.1 Å². The number of aliphatic hydroxyl groups excluding tert-OH is 1. The van der Waals surface area contributed by atoms with E-state index in [1.54, 1.807) is 0 Å². The van der Waals surface area contributed by atoms with Crippen molar-refractivity contribution in [2.24, 2.45) is 0 Å². The number of fused-ring (bicyclic) bond motifs is 1. The van der Waals surface area contributed by atoms with Gasteiger partial charge in [-0.1, -0.05) is 12.5 Å². The lowest BCUT2D eigenvalue weighted by Gasteiger charge is -2.17. The minimum Gasteiger partial charge on any atom is -0.494 e. The van der Waals surface area contributed by atoms with E-state index in [9.17, 15) is 4.79 Å². The molecule has 0 atom stereocenters. The third-order valence-corrected chi connectivity index (χ3v) is 3.30. The van der Waals surface area contributed by atoms with Gasteiger partial charge in [-0.25, -0.2) is 0 Å². The second-order valence-corrected chi connectivity index (χ2v) is 4.85. The molecule has 0 bridgehead atoms. The smallest absolute Gasteiger partial charge is 0.224 e. The Morgan fingerprint density at radius 1 is 1.16 bits per heavy atom. The first-order valence-electron chi connectivity index (χ1n) is 6.96. The molecule has 0 aromatic heterocycles. The highest BCUT2D eigenvalue weighted by Crippen LogP contribution is 2.27. The number of aliphatic hydroxyl groups is 1. The van der Waals surface area contributed by atoms with E-state index in [0.29, 0.717) is 13.0 Å². The van der Waals surface area contributed by atoms with E-state index >= 15 is 0 Å². The van der Waals surface area contributed by atoms with Gasteiger partial charge in [0.15, 0.2) is 0 Å². The maximum atomic E-state index is 11.3. The lowest BCUT2D eigenvalue weighted by molar-refractivity contribution is -0.116. The van der Waals surface area contributed by atoms with Crippen molar-refractivity contribution < 1.29 is 14.6 Å². The molecule has 1 aliphatic heterocycles. The van der Waals surface area contributed by atoms with Crippen LogP contribution in [0.3, 0.4) is 0 Å². The molecule has 1 aromatic carbocycles. The number of amides is 1. The normalized spacial score (nSPS) is 13.8. The van der Waals surface area contributed by atoms with E-state index in [1.807, 2.05) is 18.2 Å². The zero-order chi connectivity index (χ0) is 13.5. The Bertz CT molecular complexity index is 431. The maximum Gasteiger partial charge on any atom is 0.224 e. The monoisotopic (exact) mass is 263 g/mol. The van der Waals surface area contributed by atoms with Crippen LogP contribution in [-0.4, -0.2) is 24.2 Å². The largest absolute Gasteiger partial charge is 0.494 e. The summed E-state index contributed by atoms with van der Waals surface area (Å²) < 4.78 is 5.67. The third-order valence-electron chi connectivity index (χ3n) is 3.30. The Kier molecular flexibility index (Phi) is 5.21. The van der Waals surface area contributed by atoms with Crippen molar-refractivity contribution in [1.29, 1.82) is 0 Å². The molecular weight excluding hydrogens is 242 g/mol. The van der Waals surface area contributed by atoms with E-state index in [2.05, 4.69) is 5.32 Å². The second-order valence-electron chi connectivity index (χ2n) is 4.85. The van der Waals surface area contributed by atoms with Crippen LogP contribution in [0.4, 0.5) is 5.69 Å². The van der Waals surface area contributed by atoms with Crippen molar-refractivity contribution in [2.45, 2.75) is 38.5 Å². The highest BCUT2D eigenvalue weighted by molar-refractivity contribution is 5.94. The average molecular weight is 263 g/mol. The van der Waals surface area contributed by atoms with Gasteiger partial charge in [0, 0.05) is 24.8 Å². The summed E-state index contributed by atoms with van der Waals surface area (Å²) in [6.07, 6.45) is 5.34. The van der Waals surface area contributed by atoms with Gasteiger partial charge in [-0.15, -0.1) is 0 Å². The third kappa shape index (κ3) is 4.24. The Hall–Kier alpha value is -1.55. The van der Waals surface area contributed by atoms with Crippen molar-refractivity contribution in [1.82, 2.24) is 0 Å². The topological polar surface area (TPSA) is 58.6 Å². The fraction of sp³-hybridized carbons (Fsp3) is 0.533. The van der Waals surface area contributed by atoms with Crippen LogP contribution >= 0.6 is 0 Å². The van der Waals surface area contributed by atoms with Gasteiger partial charge >= 0.3 is 0 Å². The standard InChI is InChI=1S/C15H21NO3/c17-9-3-1-2-4-10-19-13-7-5-12-6-8-15(18)16-14(12)11-13/h5,7,11,17H,1-4,6,8-10H2,(H,16,18). The number of hydrogen-bond donors (Lipinski definition) is 2.